The van der Waals surface area contributed by atoms with Crippen molar-refractivity contribution in [1.82, 2.24) is 0 Å². The van der Waals surface area contributed by atoms with E-state index < -0.39 is 5.97 Å². The molecule has 3 rings (SSSR count). The molecule has 1 heterocycles. The van der Waals surface area contributed by atoms with Crippen LogP contribution < -0.4 is 10.6 Å². The summed E-state index contributed by atoms with van der Waals surface area (Å²) in [5.41, 5.74) is 2.58. The normalized spacial score (nSPS) is 10.2. The zero-order valence-corrected chi connectivity index (χ0v) is 16.1. The number of ether oxygens (including phenoxy) is 1. The molecule has 3 aromatic rings. The van der Waals surface area contributed by atoms with E-state index in [1.165, 1.54) is 18.4 Å². The third-order valence-electron chi connectivity index (χ3n) is 4.14. The summed E-state index contributed by atoms with van der Waals surface area (Å²) < 4.78 is 4.75. The maximum Gasteiger partial charge on any atom is 0.338 e. The molecule has 7 heteroatoms. The number of nitrogens with one attached hydrogen (secondary N) is 2. The fourth-order valence-corrected chi connectivity index (χ4v) is 3.22. The van der Waals surface area contributed by atoms with Crippen LogP contribution in [-0.4, -0.2) is 24.9 Å². The summed E-state index contributed by atoms with van der Waals surface area (Å²) in [5.74, 6) is -0.969. The minimum Gasteiger partial charge on any atom is -0.465 e. The van der Waals surface area contributed by atoms with Gasteiger partial charge in [-0.25, -0.2) is 4.79 Å². The first-order chi connectivity index (χ1) is 13.5. The average molecular weight is 394 g/mol. The van der Waals surface area contributed by atoms with Crippen LogP contribution in [0.5, 0.6) is 0 Å². The van der Waals surface area contributed by atoms with E-state index in [2.05, 4.69) is 10.6 Å². The van der Waals surface area contributed by atoms with Crippen LogP contribution in [-0.2, 0) is 4.74 Å². The van der Waals surface area contributed by atoms with Crippen LogP contribution in [0.1, 0.15) is 36.0 Å². The van der Waals surface area contributed by atoms with Crippen LogP contribution in [0, 0.1) is 6.92 Å². The van der Waals surface area contributed by atoms with Crippen LogP contribution in [0.25, 0.3) is 0 Å². The Morgan fingerprint density at radius 2 is 1.64 bits per heavy atom. The third kappa shape index (κ3) is 4.27. The summed E-state index contributed by atoms with van der Waals surface area (Å²) in [5, 5.41) is 7.41. The minimum absolute atomic E-state index is 0.192. The van der Waals surface area contributed by atoms with E-state index >= 15 is 0 Å². The summed E-state index contributed by atoms with van der Waals surface area (Å²) in [6.07, 6.45) is 0. The predicted octanol–water partition coefficient (Wildman–Crippen LogP) is 4.35. The van der Waals surface area contributed by atoms with Crippen LogP contribution in [0.4, 0.5) is 11.4 Å². The summed E-state index contributed by atoms with van der Waals surface area (Å²) in [6, 6.07) is 15.2. The van der Waals surface area contributed by atoms with Crippen LogP contribution in [0.2, 0.25) is 0 Å². The molecular formula is C21H18N2O4S. The van der Waals surface area contributed by atoms with Crippen molar-refractivity contribution < 1.29 is 19.1 Å². The fourth-order valence-electron chi connectivity index (χ4n) is 2.60. The summed E-state index contributed by atoms with van der Waals surface area (Å²) >= 11 is 1.36. The number of esters is 1. The number of methoxy groups -OCH3 is 1. The molecule has 0 atom stereocenters. The number of hydrogen-bond donors (Lipinski definition) is 2. The van der Waals surface area contributed by atoms with Gasteiger partial charge in [0.05, 0.1) is 17.6 Å². The number of amides is 2. The Kier molecular flexibility index (Phi) is 5.86. The fraction of sp³-hybridized carbons (Fsp3) is 0.0952. The Bertz CT molecular complexity index is 1010. The van der Waals surface area contributed by atoms with E-state index in [-0.39, 0.29) is 11.8 Å². The van der Waals surface area contributed by atoms with Gasteiger partial charge in [0, 0.05) is 16.9 Å². The van der Waals surface area contributed by atoms with Gasteiger partial charge in [0.25, 0.3) is 11.8 Å². The molecule has 2 amide bonds. The third-order valence-corrected chi connectivity index (χ3v) is 5.01. The highest BCUT2D eigenvalue weighted by Crippen LogP contribution is 2.21. The average Bonchev–Trinajstić information content (AvgIpc) is 3.24. The predicted molar refractivity (Wildman–Crippen MR) is 109 cm³/mol. The lowest BCUT2D eigenvalue weighted by Crippen LogP contribution is -2.15. The standard InChI is InChI=1S/C21H18N2O4S/c1-13-16(21(26)27-2)5-3-6-17(13)23-19(24)14-8-10-15(11-9-14)22-20(25)18-7-4-12-28-18/h3-12H,1-2H3,(H,22,25)(H,23,24). The SMILES string of the molecule is COC(=O)c1cccc(NC(=O)c2ccc(NC(=O)c3cccs3)cc2)c1C. The Morgan fingerprint density at radius 3 is 2.29 bits per heavy atom. The number of thiophene rings is 1. The van der Waals surface area contributed by atoms with Gasteiger partial charge in [0.2, 0.25) is 0 Å². The summed E-state index contributed by atoms with van der Waals surface area (Å²) in [7, 11) is 1.31. The second kappa shape index (κ2) is 8.49. The molecule has 0 spiro atoms. The van der Waals surface area contributed by atoms with Crippen LogP contribution >= 0.6 is 11.3 Å². The van der Waals surface area contributed by atoms with Gasteiger partial charge in [0.15, 0.2) is 0 Å². The van der Waals surface area contributed by atoms with Crippen molar-refractivity contribution in [1.29, 1.82) is 0 Å². The number of benzene rings is 2. The molecular weight excluding hydrogens is 376 g/mol. The van der Waals surface area contributed by atoms with Crippen molar-refractivity contribution in [2.45, 2.75) is 6.92 Å². The Balaban J connectivity index is 1.70. The lowest BCUT2D eigenvalue weighted by atomic mass is 10.1. The van der Waals surface area contributed by atoms with Gasteiger partial charge in [-0.15, -0.1) is 11.3 Å². The molecule has 0 fully saturated rings. The maximum atomic E-state index is 12.5. The molecule has 0 aliphatic carbocycles. The smallest absolute Gasteiger partial charge is 0.338 e. The molecule has 1 aromatic heterocycles. The first-order valence-corrected chi connectivity index (χ1v) is 9.31. The number of rotatable bonds is 5. The monoisotopic (exact) mass is 394 g/mol. The van der Waals surface area contributed by atoms with E-state index in [4.69, 9.17) is 4.74 Å². The van der Waals surface area contributed by atoms with Crippen molar-refractivity contribution in [2.75, 3.05) is 17.7 Å². The molecule has 6 nitrogen and oxygen atoms in total. The molecule has 0 radical (unpaired) electrons. The van der Waals surface area contributed by atoms with Gasteiger partial charge in [-0.05, 0) is 60.3 Å². The number of anilines is 2. The molecule has 2 aromatic carbocycles. The zero-order chi connectivity index (χ0) is 20.1. The van der Waals surface area contributed by atoms with E-state index in [0.717, 1.165) is 0 Å². The molecule has 28 heavy (non-hydrogen) atoms. The highest BCUT2D eigenvalue weighted by molar-refractivity contribution is 7.12. The topological polar surface area (TPSA) is 84.5 Å². The number of carbonyl (C=O) groups is 3. The number of hydrogen-bond acceptors (Lipinski definition) is 5. The minimum atomic E-state index is -0.459. The van der Waals surface area contributed by atoms with Crippen molar-refractivity contribution in [3.63, 3.8) is 0 Å². The van der Waals surface area contributed by atoms with Crippen molar-refractivity contribution in [3.05, 3.63) is 81.5 Å². The molecule has 0 bridgehead atoms. The van der Waals surface area contributed by atoms with Gasteiger partial charge in [-0.2, -0.15) is 0 Å². The first-order valence-electron chi connectivity index (χ1n) is 8.44. The highest BCUT2D eigenvalue weighted by Gasteiger charge is 2.14. The maximum absolute atomic E-state index is 12.5. The molecule has 2 N–H and O–H groups in total. The van der Waals surface area contributed by atoms with Gasteiger partial charge < -0.3 is 15.4 Å². The zero-order valence-electron chi connectivity index (χ0n) is 15.3. The molecule has 0 aliphatic heterocycles. The molecule has 0 unspecified atom stereocenters. The van der Waals surface area contributed by atoms with Crippen molar-refractivity contribution in [3.8, 4) is 0 Å². The molecule has 0 saturated heterocycles. The number of carbonyl (C=O) groups excluding carboxylic acids is 3. The second-order valence-corrected chi connectivity index (χ2v) is 6.88. The summed E-state index contributed by atoms with van der Waals surface area (Å²) in [6.45, 7) is 1.74. The van der Waals surface area contributed by atoms with E-state index in [9.17, 15) is 14.4 Å². The van der Waals surface area contributed by atoms with Gasteiger partial charge >= 0.3 is 5.97 Å². The largest absolute Gasteiger partial charge is 0.465 e. The molecule has 0 saturated carbocycles. The highest BCUT2D eigenvalue weighted by atomic mass is 32.1. The molecule has 0 aliphatic rings. The first kappa shape index (κ1) is 19.3. The van der Waals surface area contributed by atoms with Crippen LogP contribution in [0.15, 0.2) is 60.0 Å². The van der Waals surface area contributed by atoms with E-state index in [0.29, 0.717) is 32.9 Å². The van der Waals surface area contributed by atoms with Crippen LogP contribution in [0.3, 0.4) is 0 Å². The van der Waals surface area contributed by atoms with Crippen molar-refractivity contribution >= 4 is 40.5 Å². The van der Waals surface area contributed by atoms with E-state index in [1.807, 2.05) is 11.4 Å². The lowest BCUT2D eigenvalue weighted by Gasteiger charge is -2.12. The Labute approximate surface area is 166 Å². The summed E-state index contributed by atoms with van der Waals surface area (Å²) in [4.78, 5) is 37.0. The second-order valence-electron chi connectivity index (χ2n) is 5.93. The van der Waals surface area contributed by atoms with Gasteiger partial charge in [-0.3, -0.25) is 9.59 Å². The Hall–Kier alpha value is -3.45. The lowest BCUT2D eigenvalue weighted by molar-refractivity contribution is 0.0599. The van der Waals surface area contributed by atoms with E-state index in [1.54, 1.807) is 55.5 Å². The van der Waals surface area contributed by atoms with Gasteiger partial charge in [0.1, 0.15) is 0 Å². The Morgan fingerprint density at radius 1 is 0.893 bits per heavy atom. The van der Waals surface area contributed by atoms with Crippen molar-refractivity contribution in [2.24, 2.45) is 0 Å². The van der Waals surface area contributed by atoms with Gasteiger partial charge in [-0.1, -0.05) is 12.1 Å². The molecule has 142 valence electrons. The quantitative estimate of drug-likeness (QED) is 0.630.